The van der Waals surface area contributed by atoms with Crippen LogP contribution in [0.1, 0.15) is 12.8 Å². The van der Waals surface area contributed by atoms with Gasteiger partial charge in [0.2, 0.25) is 5.91 Å². The van der Waals surface area contributed by atoms with Crippen molar-refractivity contribution in [1.82, 2.24) is 10.2 Å². The number of piperazine rings is 1. The fourth-order valence-electron chi connectivity index (χ4n) is 1.30. The van der Waals surface area contributed by atoms with Crippen molar-refractivity contribution in [3.05, 3.63) is 0 Å². The molecule has 1 N–H and O–H groups in total. The Hall–Kier alpha value is -0.220. The van der Waals surface area contributed by atoms with E-state index in [1.807, 2.05) is 4.90 Å². The number of rotatable bonds is 3. The zero-order valence-electron chi connectivity index (χ0n) is 7.25. The standard InChI is InChI=1S/C8H16N2OS/c11-8(2-1-7-12)10-5-3-9-4-6-10/h9,12H,1-7H2. The molecule has 1 aliphatic rings. The zero-order chi connectivity index (χ0) is 8.81. The average molecular weight is 188 g/mol. The Balaban J connectivity index is 2.20. The van der Waals surface area contributed by atoms with Crippen LogP contribution in [0, 0.1) is 0 Å². The summed E-state index contributed by atoms with van der Waals surface area (Å²) >= 11 is 4.08. The summed E-state index contributed by atoms with van der Waals surface area (Å²) in [6.07, 6.45) is 1.55. The fraction of sp³-hybridized carbons (Fsp3) is 0.875. The molecule has 1 fully saturated rings. The number of hydrogen-bond acceptors (Lipinski definition) is 3. The quantitative estimate of drug-likeness (QED) is 0.617. The third-order valence-corrected chi connectivity index (χ3v) is 2.33. The summed E-state index contributed by atoms with van der Waals surface area (Å²) in [5.74, 6) is 1.09. The van der Waals surface area contributed by atoms with E-state index >= 15 is 0 Å². The second-order valence-electron chi connectivity index (χ2n) is 2.96. The molecule has 1 aliphatic heterocycles. The molecule has 1 saturated heterocycles. The monoisotopic (exact) mass is 188 g/mol. The summed E-state index contributed by atoms with van der Waals surface area (Å²) in [6.45, 7) is 3.61. The minimum absolute atomic E-state index is 0.283. The lowest BCUT2D eigenvalue weighted by atomic mass is 10.2. The van der Waals surface area contributed by atoms with Gasteiger partial charge in [-0.15, -0.1) is 0 Å². The van der Waals surface area contributed by atoms with Crippen LogP contribution >= 0.6 is 12.6 Å². The second-order valence-corrected chi connectivity index (χ2v) is 3.41. The minimum atomic E-state index is 0.283. The van der Waals surface area contributed by atoms with Crippen LogP contribution in [0.2, 0.25) is 0 Å². The molecule has 3 nitrogen and oxygen atoms in total. The van der Waals surface area contributed by atoms with Crippen molar-refractivity contribution in [3.63, 3.8) is 0 Å². The van der Waals surface area contributed by atoms with Crippen molar-refractivity contribution in [2.75, 3.05) is 31.9 Å². The van der Waals surface area contributed by atoms with Gasteiger partial charge >= 0.3 is 0 Å². The summed E-state index contributed by atoms with van der Waals surface area (Å²) in [5.41, 5.74) is 0. The highest BCUT2D eigenvalue weighted by Crippen LogP contribution is 2.00. The summed E-state index contributed by atoms with van der Waals surface area (Å²) in [5, 5.41) is 3.22. The molecule has 0 spiro atoms. The third-order valence-electron chi connectivity index (χ3n) is 2.02. The predicted molar refractivity (Wildman–Crippen MR) is 52.5 cm³/mol. The van der Waals surface area contributed by atoms with Crippen LogP contribution in [0.5, 0.6) is 0 Å². The molecule has 1 rings (SSSR count). The van der Waals surface area contributed by atoms with Crippen LogP contribution in [0.25, 0.3) is 0 Å². The van der Waals surface area contributed by atoms with Crippen molar-refractivity contribution in [2.24, 2.45) is 0 Å². The molecule has 12 heavy (non-hydrogen) atoms. The van der Waals surface area contributed by atoms with E-state index in [1.165, 1.54) is 0 Å². The van der Waals surface area contributed by atoms with Crippen LogP contribution in [0.3, 0.4) is 0 Å². The lowest BCUT2D eigenvalue weighted by Gasteiger charge is -2.27. The fourth-order valence-corrected chi connectivity index (χ4v) is 1.46. The molecular formula is C8H16N2OS. The molecule has 0 unspecified atom stereocenters. The Morgan fingerprint density at radius 3 is 2.67 bits per heavy atom. The topological polar surface area (TPSA) is 32.3 Å². The second kappa shape index (κ2) is 5.43. The van der Waals surface area contributed by atoms with E-state index in [1.54, 1.807) is 0 Å². The average Bonchev–Trinajstić information content (AvgIpc) is 2.15. The Kier molecular flexibility index (Phi) is 4.46. The molecule has 0 aromatic carbocycles. The summed E-state index contributed by atoms with van der Waals surface area (Å²) < 4.78 is 0. The molecule has 0 radical (unpaired) electrons. The maximum Gasteiger partial charge on any atom is 0.222 e. The number of amides is 1. The molecule has 1 heterocycles. The van der Waals surface area contributed by atoms with E-state index in [-0.39, 0.29) is 5.91 Å². The first-order chi connectivity index (χ1) is 5.84. The van der Waals surface area contributed by atoms with Gasteiger partial charge in [-0.25, -0.2) is 0 Å². The van der Waals surface area contributed by atoms with Gasteiger partial charge in [-0.1, -0.05) is 0 Å². The van der Waals surface area contributed by atoms with Gasteiger partial charge in [0.25, 0.3) is 0 Å². The van der Waals surface area contributed by atoms with E-state index in [9.17, 15) is 4.79 Å². The van der Waals surface area contributed by atoms with Gasteiger partial charge in [0.05, 0.1) is 0 Å². The van der Waals surface area contributed by atoms with Gasteiger partial charge in [0.1, 0.15) is 0 Å². The maximum absolute atomic E-state index is 11.4. The third kappa shape index (κ3) is 3.03. The van der Waals surface area contributed by atoms with Crippen molar-refractivity contribution < 1.29 is 4.79 Å². The summed E-state index contributed by atoms with van der Waals surface area (Å²) in [6, 6.07) is 0. The summed E-state index contributed by atoms with van der Waals surface area (Å²) in [7, 11) is 0. The lowest BCUT2D eigenvalue weighted by molar-refractivity contribution is -0.131. The Morgan fingerprint density at radius 2 is 2.08 bits per heavy atom. The highest BCUT2D eigenvalue weighted by molar-refractivity contribution is 7.80. The normalized spacial score (nSPS) is 17.9. The molecule has 1 amide bonds. The smallest absolute Gasteiger partial charge is 0.222 e. The molecule has 0 aromatic rings. The van der Waals surface area contributed by atoms with Crippen molar-refractivity contribution in [2.45, 2.75) is 12.8 Å². The van der Waals surface area contributed by atoms with Gasteiger partial charge < -0.3 is 10.2 Å². The first kappa shape index (κ1) is 9.86. The molecule has 70 valence electrons. The van der Waals surface area contributed by atoms with Crippen molar-refractivity contribution in [3.8, 4) is 0 Å². The van der Waals surface area contributed by atoms with Gasteiger partial charge in [-0.3, -0.25) is 4.79 Å². The van der Waals surface area contributed by atoms with E-state index < -0.39 is 0 Å². The largest absolute Gasteiger partial charge is 0.340 e. The highest BCUT2D eigenvalue weighted by Gasteiger charge is 2.14. The van der Waals surface area contributed by atoms with Gasteiger partial charge in [-0.05, 0) is 12.2 Å². The Labute approximate surface area is 78.9 Å². The maximum atomic E-state index is 11.4. The number of thiol groups is 1. The first-order valence-electron chi connectivity index (χ1n) is 4.44. The van der Waals surface area contributed by atoms with E-state index in [2.05, 4.69) is 17.9 Å². The number of hydrogen-bond donors (Lipinski definition) is 2. The zero-order valence-corrected chi connectivity index (χ0v) is 8.15. The first-order valence-corrected chi connectivity index (χ1v) is 5.07. The molecule has 0 atom stereocenters. The Morgan fingerprint density at radius 1 is 1.42 bits per heavy atom. The van der Waals surface area contributed by atoms with Crippen LogP contribution in [0.15, 0.2) is 0 Å². The van der Waals surface area contributed by atoms with E-state index in [4.69, 9.17) is 0 Å². The van der Waals surface area contributed by atoms with E-state index in [0.29, 0.717) is 6.42 Å². The van der Waals surface area contributed by atoms with Crippen LogP contribution in [-0.4, -0.2) is 42.7 Å². The Bertz CT molecular complexity index is 146. The van der Waals surface area contributed by atoms with Crippen molar-refractivity contribution >= 4 is 18.5 Å². The molecule has 4 heteroatoms. The lowest BCUT2D eigenvalue weighted by Crippen LogP contribution is -2.46. The highest BCUT2D eigenvalue weighted by atomic mass is 32.1. The number of carbonyl (C=O) groups excluding carboxylic acids is 1. The molecule has 0 saturated carbocycles. The SMILES string of the molecule is O=C(CCCS)N1CCNCC1. The molecular weight excluding hydrogens is 172 g/mol. The van der Waals surface area contributed by atoms with Gasteiger partial charge in [0, 0.05) is 32.6 Å². The summed E-state index contributed by atoms with van der Waals surface area (Å²) in [4.78, 5) is 13.4. The molecule has 0 aliphatic carbocycles. The van der Waals surface area contributed by atoms with Crippen molar-refractivity contribution in [1.29, 1.82) is 0 Å². The van der Waals surface area contributed by atoms with E-state index in [0.717, 1.165) is 38.4 Å². The van der Waals surface area contributed by atoms with Crippen LogP contribution in [0.4, 0.5) is 0 Å². The minimum Gasteiger partial charge on any atom is -0.340 e. The molecule has 0 aromatic heterocycles. The van der Waals surface area contributed by atoms with Gasteiger partial charge in [-0.2, -0.15) is 12.6 Å². The number of carbonyl (C=O) groups is 1. The van der Waals surface area contributed by atoms with Crippen LogP contribution in [-0.2, 0) is 4.79 Å². The molecule has 0 bridgehead atoms. The van der Waals surface area contributed by atoms with Gasteiger partial charge in [0.15, 0.2) is 0 Å². The number of nitrogens with zero attached hydrogens (tertiary/aromatic N) is 1. The number of nitrogens with one attached hydrogen (secondary N) is 1. The van der Waals surface area contributed by atoms with Crippen LogP contribution < -0.4 is 5.32 Å². The predicted octanol–water partition coefficient (Wildman–Crippen LogP) is 0.128.